The van der Waals surface area contributed by atoms with Crippen LogP contribution in [0.1, 0.15) is 0 Å². The first kappa shape index (κ1) is 7.60. The van der Waals surface area contributed by atoms with Gasteiger partial charge >= 0.3 is 0 Å². The first-order valence-corrected chi connectivity index (χ1v) is 4.82. The van der Waals surface area contributed by atoms with Crippen LogP contribution in [0.3, 0.4) is 0 Å². The molecule has 0 aliphatic carbocycles. The van der Waals surface area contributed by atoms with Crippen LogP contribution in [0.25, 0.3) is 0 Å². The Balaban J connectivity index is 2.50. The minimum atomic E-state index is 0.428. The topological polar surface area (TPSA) is 0 Å². The molecule has 0 saturated heterocycles. The third-order valence-electron chi connectivity index (χ3n) is 1.32. The second-order valence-corrected chi connectivity index (χ2v) is 3.69. The maximum atomic E-state index is 3.70. The van der Waals surface area contributed by atoms with Crippen LogP contribution >= 0.6 is 0 Å². The lowest BCUT2D eigenvalue weighted by atomic mass is 10.4. The predicted octanol–water partition coefficient (Wildman–Crippen LogP) is 1.62. The molecule has 0 aromatic heterocycles. The highest BCUT2D eigenvalue weighted by molar-refractivity contribution is 6.53. The second-order valence-electron chi connectivity index (χ2n) is 2.14. The van der Waals surface area contributed by atoms with Crippen molar-refractivity contribution in [3.8, 4) is 0 Å². The van der Waals surface area contributed by atoms with Gasteiger partial charge in [0, 0.05) is 0 Å². The quantitative estimate of drug-likeness (QED) is 0.448. The molecule has 1 heteroatoms. The largest absolute Gasteiger partial charge is 0.255 e. The van der Waals surface area contributed by atoms with Crippen molar-refractivity contribution in [2.24, 2.45) is 0 Å². The average Bonchev–Trinajstić information content (AvgIpc) is 2.03. The molecule has 0 aliphatic rings. The van der Waals surface area contributed by atoms with Crippen molar-refractivity contribution in [3.05, 3.63) is 43.0 Å². The summed E-state index contributed by atoms with van der Waals surface area (Å²) in [6, 6.07) is 10.6. The molecule has 49 valence electrons. The van der Waals surface area contributed by atoms with E-state index in [0.717, 1.165) is 5.28 Å². The van der Waals surface area contributed by atoms with E-state index >= 15 is 0 Å². The molecule has 0 amide bonds. The van der Waals surface area contributed by atoms with Gasteiger partial charge in [-0.15, -0.1) is 17.1 Å². The number of allylic oxidation sites excluding steroid dienone is 1. The van der Waals surface area contributed by atoms with Gasteiger partial charge in [-0.1, -0.05) is 35.6 Å². The summed E-state index contributed by atoms with van der Waals surface area (Å²) in [5, 5.41) is 1.16. The summed E-state index contributed by atoms with van der Waals surface area (Å²) >= 11 is 0.428. The van der Waals surface area contributed by atoms with E-state index in [1.807, 2.05) is 6.08 Å². The summed E-state index contributed by atoms with van der Waals surface area (Å²) in [7, 11) is 0. The van der Waals surface area contributed by atoms with E-state index in [1.54, 1.807) is 0 Å². The zero-order valence-corrected chi connectivity index (χ0v) is 7.11. The summed E-state index contributed by atoms with van der Waals surface area (Å²) in [5.41, 5.74) is 0. The summed E-state index contributed by atoms with van der Waals surface area (Å²) in [4.78, 5) is 0. The van der Waals surface area contributed by atoms with Gasteiger partial charge in [0.25, 0.3) is 15.2 Å². The van der Waals surface area contributed by atoms with E-state index in [9.17, 15) is 0 Å². The van der Waals surface area contributed by atoms with Crippen LogP contribution in [-0.4, -0.2) is 15.2 Å². The van der Waals surface area contributed by atoms with Gasteiger partial charge in [0.05, 0.1) is 0 Å². The fraction of sp³-hybridized carbons (Fsp3) is 0.111. The fourth-order valence-corrected chi connectivity index (χ4v) is 1.74. The SMILES string of the molecule is C=C[CH2][Al][c]1ccccc1. The summed E-state index contributed by atoms with van der Waals surface area (Å²) < 4.78 is 1.47. The van der Waals surface area contributed by atoms with Crippen LogP contribution in [0, 0.1) is 0 Å². The van der Waals surface area contributed by atoms with Crippen LogP contribution in [0.4, 0.5) is 0 Å². The third kappa shape index (κ3) is 2.39. The lowest BCUT2D eigenvalue weighted by Crippen LogP contribution is -2.11. The molecule has 1 aromatic carbocycles. The lowest BCUT2D eigenvalue weighted by molar-refractivity contribution is 1.69. The first-order chi connectivity index (χ1) is 4.93. The van der Waals surface area contributed by atoms with Crippen molar-refractivity contribution in [1.29, 1.82) is 0 Å². The van der Waals surface area contributed by atoms with E-state index in [2.05, 4.69) is 36.9 Å². The fourth-order valence-electron chi connectivity index (χ4n) is 0.809. The molecule has 0 aliphatic heterocycles. The smallest absolute Gasteiger partial charge is 0.124 e. The van der Waals surface area contributed by atoms with Gasteiger partial charge in [-0.25, -0.2) is 0 Å². The Bertz CT molecular complexity index is 191. The molecule has 1 aromatic rings. The van der Waals surface area contributed by atoms with Crippen LogP contribution in [-0.2, 0) is 0 Å². The van der Waals surface area contributed by atoms with Gasteiger partial charge in [-0.05, 0) is 0 Å². The number of benzene rings is 1. The number of hydrogen-bond donors (Lipinski definition) is 0. The molecule has 10 heavy (non-hydrogen) atoms. The Labute approximate surface area is 68.3 Å². The summed E-state index contributed by atoms with van der Waals surface area (Å²) in [5.74, 6) is 0. The monoisotopic (exact) mass is 145 g/mol. The molecule has 0 fully saturated rings. The van der Waals surface area contributed by atoms with Gasteiger partial charge in [0.15, 0.2) is 0 Å². The molecule has 0 heterocycles. The Hall–Kier alpha value is -0.508. The summed E-state index contributed by atoms with van der Waals surface area (Å²) in [6.45, 7) is 3.70. The van der Waals surface area contributed by atoms with Crippen LogP contribution in [0.2, 0.25) is 5.28 Å². The van der Waals surface area contributed by atoms with E-state index < -0.39 is 0 Å². The molecular formula is C9H10Al. The highest BCUT2D eigenvalue weighted by Gasteiger charge is 1.89. The van der Waals surface area contributed by atoms with Crippen molar-refractivity contribution in [3.63, 3.8) is 0 Å². The van der Waals surface area contributed by atoms with Crippen molar-refractivity contribution in [2.75, 3.05) is 0 Å². The molecule has 0 unspecified atom stereocenters. The molecular weight excluding hydrogens is 135 g/mol. The molecule has 1 rings (SSSR count). The van der Waals surface area contributed by atoms with Gasteiger partial charge in [0.2, 0.25) is 0 Å². The zero-order valence-electron chi connectivity index (χ0n) is 5.96. The van der Waals surface area contributed by atoms with Crippen LogP contribution in [0.5, 0.6) is 0 Å². The minimum absolute atomic E-state index is 0.428. The molecule has 0 atom stereocenters. The predicted molar refractivity (Wildman–Crippen MR) is 46.8 cm³/mol. The number of hydrogen-bond acceptors (Lipinski definition) is 0. The highest BCUT2D eigenvalue weighted by atomic mass is 27.1. The zero-order chi connectivity index (χ0) is 7.23. The van der Waals surface area contributed by atoms with Crippen LogP contribution < -0.4 is 4.43 Å². The van der Waals surface area contributed by atoms with E-state index in [0.29, 0.717) is 15.2 Å². The molecule has 0 nitrogen and oxygen atoms in total. The van der Waals surface area contributed by atoms with Crippen molar-refractivity contribution < 1.29 is 0 Å². The van der Waals surface area contributed by atoms with E-state index in [-0.39, 0.29) is 0 Å². The van der Waals surface area contributed by atoms with Gasteiger partial charge in [-0.3, -0.25) is 0 Å². The Morgan fingerprint density at radius 1 is 1.30 bits per heavy atom. The second kappa shape index (κ2) is 4.33. The summed E-state index contributed by atoms with van der Waals surface area (Å²) in [6.07, 6.45) is 1.99. The Morgan fingerprint density at radius 2 is 2.00 bits per heavy atom. The normalized spacial score (nSPS) is 8.80. The van der Waals surface area contributed by atoms with E-state index in [4.69, 9.17) is 0 Å². The van der Waals surface area contributed by atoms with Gasteiger partial charge in [0.1, 0.15) is 0 Å². The van der Waals surface area contributed by atoms with Crippen molar-refractivity contribution in [1.82, 2.24) is 0 Å². The third-order valence-corrected chi connectivity index (χ3v) is 2.75. The molecule has 0 N–H and O–H groups in total. The average molecular weight is 145 g/mol. The highest BCUT2D eigenvalue weighted by Crippen LogP contribution is 1.84. The Morgan fingerprint density at radius 3 is 2.60 bits per heavy atom. The molecule has 1 radical (unpaired) electrons. The minimum Gasteiger partial charge on any atom is -0.124 e. The standard InChI is InChI=1S/C6H5.C3H5.Al/c1-2-4-6-5-3-1;1-3-2;/h1-5H;3H,1-2H2;. The first-order valence-electron chi connectivity index (χ1n) is 3.42. The molecule has 0 bridgehead atoms. The maximum Gasteiger partial charge on any atom is 0.255 e. The Kier molecular flexibility index (Phi) is 3.29. The molecule has 0 spiro atoms. The van der Waals surface area contributed by atoms with Crippen molar-refractivity contribution >= 4 is 19.6 Å². The maximum absolute atomic E-state index is 3.70. The lowest BCUT2D eigenvalue weighted by Gasteiger charge is -1.92. The van der Waals surface area contributed by atoms with Gasteiger partial charge < -0.3 is 0 Å². The van der Waals surface area contributed by atoms with Crippen LogP contribution in [0.15, 0.2) is 43.0 Å². The van der Waals surface area contributed by atoms with E-state index in [1.165, 1.54) is 4.43 Å². The van der Waals surface area contributed by atoms with Gasteiger partial charge in [-0.2, -0.15) is 0 Å². The van der Waals surface area contributed by atoms with Crippen molar-refractivity contribution in [2.45, 2.75) is 5.28 Å². The molecule has 0 saturated carbocycles. The number of rotatable bonds is 3.